The van der Waals surface area contributed by atoms with E-state index < -0.39 is 29.6 Å². The van der Waals surface area contributed by atoms with Crippen LogP contribution in [-0.2, 0) is 23.9 Å². The number of hydrogen-bond donors (Lipinski definition) is 0. The molecule has 6 bridgehead atoms. The smallest absolute Gasteiger partial charge is 0.347 e. The first-order valence-corrected chi connectivity index (χ1v) is 11.3. The van der Waals surface area contributed by atoms with E-state index >= 15 is 0 Å². The molecule has 0 aliphatic heterocycles. The summed E-state index contributed by atoms with van der Waals surface area (Å²) in [4.78, 5) is 37.4. The van der Waals surface area contributed by atoms with Gasteiger partial charge in [-0.3, -0.25) is 9.59 Å². The third kappa shape index (κ3) is 2.98. The van der Waals surface area contributed by atoms with Gasteiger partial charge in [0.25, 0.3) is 0 Å². The predicted octanol–water partition coefficient (Wildman–Crippen LogP) is 3.85. The second-order valence-electron chi connectivity index (χ2n) is 11.0. The van der Waals surface area contributed by atoms with E-state index in [9.17, 15) is 14.4 Å². The number of rotatable bonds is 5. The van der Waals surface area contributed by atoms with E-state index in [2.05, 4.69) is 0 Å². The molecule has 0 heterocycles. The maximum atomic E-state index is 12.8. The molecule has 6 rings (SSSR count). The minimum atomic E-state index is -0.950. The molecule has 0 aromatic heterocycles. The minimum absolute atomic E-state index is 0.0585. The zero-order valence-corrected chi connectivity index (χ0v) is 17.7. The van der Waals surface area contributed by atoms with E-state index in [1.807, 2.05) is 26.0 Å². The quantitative estimate of drug-likeness (QED) is 0.518. The van der Waals surface area contributed by atoms with Crippen molar-refractivity contribution in [3.8, 4) is 0 Å². The Hall–Kier alpha value is -1.65. The summed E-state index contributed by atoms with van der Waals surface area (Å²) >= 11 is 0. The molecule has 6 aliphatic rings. The van der Waals surface area contributed by atoms with Gasteiger partial charge in [0.05, 0.1) is 5.92 Å². The van der Waals surface area contributed by atoms with E-state index in [4.69, 9.17) is 9.47 Å². The van der Waals surface area contributed by atoms with Gasteiger partial charge in [-0.1, -0.05) is 12.2 Å². The lowest BCUT2D eigenvalue weighted by atomic mass is 9.46. The summed E-state index contributed by atoms with van der Waals surface area (Å²) in [6.07, 6.45) is 10.7. The normalized spacial score (nSPS) is 42.9. The zero-order chi connectivity index (χ0) is 20.6. The van der Waals surface area contributed by atoms with Crippen LogP contribution in [0.4, 0.5) is 0 Å². The van der Waals surface area contributed by atoms with Crippen molar-refractivity contribution >= 4 is 17.7 Å². The van der Waals surface area contributed by atoms with Gasteiger partial charge in [-0.15, -0.1) is 0 Å². The molecular weight excluding hydrogens is 368 g/mol. The predicted molar refractivity (Wildman–Crippen MR) is 106 cm³/mol. The highest BCUT2D eigenvalue weighted by molar-refractivity contribution is 5.97. The third-order valence-electron chi connectivity index (χ3n) is 8.78. The summed E-state index contributed by atoms with van der Waals surface area (Å²) in [7, 11) is 0. The van der Waals surface area contributed by atoms with Gasteiger partial charge >= 0.3 is 11.9 Å². The molecule has 0 amide bonds. The summed E-state index contributed by atoms with van der Waals surface area (Å²) in [5.41, 5.74) is -0.505. The zero-order valence-electron chi connectivity index (χ0n) is 17.7. The number of allylic oxidation sites excluding steroid dienone is 2. The first-order chi connectivity index (χ1) is 13.7. The van der Waals surface area contributed by atoms with E-state index in [-0.39, 0.29) is 23.0 Å². The Morgan fingerprint density at radius 3 is 2.10 bits per heavy atom. The number of carbonyl (C=O) groups excluding carboxylic acids is 3. The van der Waals surface area contributed by atoms with Crippen LogP contribution in [-0.4, -0.2) is 29.4 Å². The van der Waals surface area contributed by atoms with Gasteiger partial charge in [-0.2, -0.15) is 0 Å². The number of ketones is 1. The SMILES string of the molecule is CC(OC(=O)C1CC2C=CC1C2=O)C(=O)OC(C)(C)C12CC3CC(CC(C3)C1)C2. The van der Waals surface area contributed by atoms with Crippen LogP contribution >= 0.6 is 0 Å². The lowest BCUT2D eigenvalue weighted by Gasteiger charge is -2.61. The molecule has 0 radical (unpaired) electrons. The van der Waals surface area contributed by atoms with Gasteiger partial charge in [0.1, 0.15) is 11.4 Å². The summed E-state index contributed by atoms with van der Waals surface area (Å²) in [6.45, 7) is 5.68. The fraction of sp³-hybridized carbons (Fsp3) is 0.792. The van der Waals surface area contributed by atoms with Crippen LogP contribution in [0.25, 0.3) is 0 Å². The van der Waals surface area contributed by atoms with Crippen LogP contribution in [0.3, 0.4) is 0 Å². The minimum Gasteiger partial charge on any atom is -0.456 e. The summed E-state index contributed by atoms with van der Waals surface area (Å²) < 4.78 is 11.5. The highest BCUT2D eigenvalue weighted by atomic mass is 16.6. The van der Waals surface area contributed by atoms with E-state index in [1.54, 1.807) is 6.92 Å². The second-order valence-corrected chi connectivity index (χ2v) is 11.0. The molecule has 0 aromatic carbocycles. The van der Waals surface area contributed by atoms with Crippen molar-refractivity contribution in [1.29, 1.82) is 0 Å². The Labute approximate surface area is 172 Å². The number of fused-ring (bicyclic) bond motifs is 2. The van der Waals surface area contributed by atoms with Crippen LogP contribution in [0.2, 0.25) is 0 Å². The van der Waals surface area contributed by atoms with E-state index in [0.717, 1.165) is 37.0 Å². The molecule has 0 N–H and O–H groups in total. The van der Waals surface area contributed by atoms with Gasteiger partial charge in [0.15, 0.2) is 6.10 Å². The molecule has 4 atom stereocenters. The fourth-order valence-electron chi connectivity index (χ4n) is 7.48. The molecule has 0 aromatic rings. The average molecular weight is 401 g/mol. The van der Waals surface area contributed by atoms with Crippen LogP contribution in [0, 0.1) is 40.9 Å². The lowest BCUT2D eigenvalue weighted by molar-refractivity contribution is -0.208. The number of Topliss-reactive ketones (excluding diaryl/α,β-unsaturated/α-hetero) is 1. The third-order valence-corrected chi connectivity index (χ3v) is 8.78. The van der Waals surface area contributed by atoms with Crippen molar-refractivity contribution in [2.45, 2.75) is 77.4 Å². The standard InChI is InChI=1S/C24H32O5/c1-13(28-22(27)19-9-17-4-5-18(19)20(17)25)21(26)29-23(2,3)24-10-14-6-15(11-24)8-16(7-14)12-24/h4-5,13-19H,6-12H2,1-3H3. The van der Waals surface area contributed by atoms with E-state index in [0.29, 0.717) is 6.42 Å². The molecular formula is C24H32O5. The summed E-state index contributed by atoms with van der Waals surface area (Å²) in [6, 6.07) is 0. The molecule has 4 unspecified atom stereocenters. The Morgan fingerprint density at radius 2 is 1.62 bits per heavy atom. The van der Waals surface area contributed by atoms with Gasteiger partial charge < -0.3 is 9.47 Å². The van der Waals surface area contributed by atoms with Crippen LogP contribution < -0.4 is 0 Å². The van der Waals surface area contributed by atoms with Crippen molar-refractivity contribution in [1.82, 2.24) is 0 Å². The van der Waals surface area contributed by atoms with Gasteiger partial charge in [0.2, 0.25) is 0 Å². The largest absolute Gasteiger partial charge is 0.456 e. The molecule has 6 aliphatic carbocycles. The number of carbonyl (C=O) groups is 3. The maximum absolute atomic E-state index is 12.8. The Bertz CT molecular complexity index is 743. The number of ether oxygens (including phenoxy) is 2. The van der Waals surface area contributed by atoms with E-state index in [1.165, 1.54) is 19.3 Å². The molecule has 5 nitrogen and oxygen atoms in total. The second kappa shape index (κ2) is 6.42. The average Bonchev–Trinajstić information content (AvgIpc) is 3.15. The fourth-order valence-corrected chi connectivity index (χ4v) is 7.48. The van der Waals surface area contributed by atoms with Gasteiger partial charge in [0, 0.05) is 17.3 Å². The van der Waals surface area contributed by atoms with Crippen molar-refractivity contribution in [3.63, 3.8) is 0 Å². The number of hydrogen-bond acceptors (Lipinski definition) is 5. The van der Waals surface area contributed by atoms with Crippen LogP contribution in [0.15, 0.2) is 12.2 Å². The van der Waals surface area contributed by atoms with Crippen molar-refractivity contribution in [3.05, 3.63) is 12.2 Å². The topological polar surface area (TPSA) is 69.7 Å². The van der Waals surface area contributed by atoms with Gasteiger partial charge in [-0.25, -0.2) is 4.79 Å². The highest BCUT2D eigenvalue weighted by Gasteiger charge is 2.59. The molecule has 5 heteroatoms. The number of esters is 2. The molecule has 5 fully saturated rings. The molecule has 0 saturated heterocycles. The molecule has 158 valence electrons. The monoisotopic (exact) mass is 400 g/mol. The maximum Gasteiger partial charge on any atom is 0.347 e. The van der Waals surface area contributed by atoms with Crippen molar-refractivity contribution in [2.24, 2.45) is 40.9 Å². The summed E-state index contributed by atoms with van der Waals surface area (Å²) in [5, 5.41) is 0. The van der Waals surface area contributed by atoms with Crippen LogP contribution in [0.1, 0.15) is 65.7 Å². The molecule has 29 heavy (non-hydrogen) atoms. The first kappa shape index (κ1) is 19.3. The van der Waals surface area contributed by atoms with Gasteiger partial charge in [-0.05, 0) is 83.5 Å². The Kier molecular flexibility index (Phi) is 4.28. The lowest BCUT2D eigenvalue weighted by Crippen LogP contribution is -2.58. The summed E-state index contributed by atoms with van der Waals surface area (Å²) in [5.74, 6) is 0.521. The van der Waals surface area contributed by atoms with Crippen molar-refractivity contribution in [2.75, 3.05) is 0 Å². The molecule has 0 spiro atoms. The Balaban J connectivity index is 1.22. The first-order valence-electron chi connectivity index (χ1n) is 11.3. The Morgan fingerprint density at radius 1 is 1.03 bits per heavy atom. The van der Waals surface area contributed by atoms with Crippen molar-refractivity contribution < 1.29 is 23.9 Å². The molecule has 5 saturated carbocycles. The van der Waals surface area contributed by atoms with Crippen LogP contribution in [0.5, 0.6) is 0 Å². The highest BCUT2D eigenvalue weighted by Crippen LogP contribution is 2.64.